The Hall–Kier alpha value is -2.21. The van der Waals surface area contributed by atoms with E-state index in [4.69, 9.17) is 6.57 Å². The van der Waals surface area contributed by atoms with Crippen molar-refractivity contribution >= 4 is 11.6 Å². The number of hydrogen-bond donors (Lipinski definition) is 0. The summed E-state index contributed by atoms with van der Waals surface area (Å²) in [6, 6.07) is 4.26. The van der Waals surface area contributed by atoms with E-state index in [0.29, 0.717) is 19.3 Å². The second kappa shape index (κ2) is 7.19. The van der Waals surface area contributed by atoms with Gasteiger partial charge in [0.2, 0.25) is 0 Å². The summed E-state index contributed by atoms with van der Waals surface area (Å²) >= 11 is 0. The van der Waals surface area contributed by atoms with Crippen molar-refractivity contribution in [3.05, 3.63) is 57.1 Å². The maximum Gasteiger partial charge on any atom is 0.164 e. The first-order chi connectivity index (χ1) is 12.5. The van der Waals surface area contributed by atoms with Gasteiger partial charge in [-0.1, -0.05) is 44.0 Å². The van der Waals surface area contributed by atoms with Crippen LogP contribution >= 0.6 is 0 Å². The number of benzene rings is 1. The summed E-state index contributed by atoms with van der Waals surface area (Å²) in [6.45, 7) is 15.5. The van der Waals surface area contributed by atoms with Crippen LogP contribution in [0.1, 0.15) is 68.2 Å². The van der Waals surface area contributed by atoms with Gasteiger partial charge in [0, 0.05) is 11.8 Å². The van der Waals surface area contributed by atoms with Gasteiger partial charge in [0.25, 0.3) is 0 Å². The molecule has 0 radical (unpaired) electrons. The molecular weight excluding hydrogens is 322 g/mol. The fraction of sp³-hybridized carbons (Fsp3) is 0.522. The number of carbonyl (C=O) groups excluding carboxylic acids is 2. The van der Waals surface area contributed by atoms with Crippen molar-refractivity contribution in [2.45, 2.75) is 65.7 Å². The Bertz CT molecular complexity index is 789. The van der Waals surface area contributed by atoms with Gasteiger partial charge >= 0.3 is 0 Å². The lowest BCUT2D eigenvalue weighted by molar-refractivity contribution is -0.125. The highest BCUT2D eigenvalue weighted by Crippen LogP contribution is 2.50. The summed E-state index contributed by atoms with van der Waals surface area (Å²) in [4.78, 5) is 30.1. The van der Waals surface area contributed by atoms with Crippen molar-refractivity contribution in [3.8, 4) is 0 Å². The van der Waals surface area contributed by atoms with E-state index in [2.05, 4.69) is 37.7 Å². The third-order valence-electron chi connectivity index (χ3n) is 6.14. The Balaban J connectivity index is 2.03. The highest BCUT2D eigenvalue weighted by molar-refractivity contribution is 6.16. The molecule has 3 rings (SSSR count). The molecule has 26 heavy (non-hydrogen) atoms. The average Bonchev–Trinajstić information content (AvgIpc) is 3.16. The second-order valence-electron chi connectivity index (χ2n) is 7.58. The van der Waals surface area contributed by atoms with Gasteiger partial charge in [-0.25, -0.2) is 4.85 Å². The molecule has 2 aliphatic carbocycles. The minimum absolute atomic E-state index is 0.0867. The molecule has 3 nitrogen and oxygen atoms in total. The van der Waals surface area contributed by atoms with Crippen molar-refractivity contribution in [2.24, 2.45) is 11.8 Å². The Kier molecular flexibility index (Phi) is 5.14. The van der Waals surface area contributed by atoms with Crippen LogP contribution in [0.25, 0.3) is 4.85 Å². The van der Waals surface area contributed by atoms with Crippen LogP contribution in [0.3, 0.4) is 0 Å². The SMILES string of the molecule is [C-]#[N+]C(CC)=C1CC2C(=O)C(c3c(CC)cc(C)cc3CC)C(=O)C2C1. The van der Waals surface area contributed by atoms with E-state index in [1.807, 2.05) is 6.92 Å². The number of ketones is 2. The third-order valence-corrected chi connectivity index (χ3v) is 6.14. The van der Waals surface area contributed by atoms with Crippen LogP contribution in [0.2, 0.25) is 0 Å². The number of fused-ring (bicyclic) bond motifs is 1. The van der Waals surface area contributed by atoms with E-state index in [1.54, 1.807) is 0 Å². The molecule has 2 saturated carbocycles. The van der Waals surface area contributed by atoms with Crippen LogP contribution in [-0.2, 0) is 22.4 Å². The summed E-state index contributed by atoms with van der Waals surface area (Å²) in [6.07, 6.45) is 3.55. The standard InChI is InChI=1S/C23H27NO2/c1-6-14-9-13(4)10-15(7-2)20(14)21-22(25)17-11-16(19(8-3)24-5)12-18(17)23(21)26/h9-10,17-18,21H,6-8,11-12H2,1-4H3. The lowest BCUT2D eigenvalue weighted by Gasteiger charge is -2.20. The molecule has 3 heteroatoms. The molecule has 0 amide bonds. The average molecular weight is 349 g/mol. The summed E-state index contributed by atoms with van der Waals surface area (Å²) in [5.74, 6) is -0.856. The van der Waals surface area contributed by atoms with Crippen molar-refractivity contribution in [1.82, 2.24) is 0 Å². The number of rotatable bonds is 4. The van der Waals surface area contributed by atoms with Gasteiger partial charge in [-0.15, -0.1) is 0 Å². The molecule has 2 aliphatic rings. The van der Waals surface area contributed by atoms with Gasteiger partial charge < -0.3 is 0 Å². The monoisotopic (exact) mass is 349 g/mol. The highest BCUT2D eigenvalue weighted by atomic mass is 16.2. The van der Waals surface area contributed by atoms with E-state index in [-0.39, 0.29) is 23.4 Å². The van der Waals surface area contributed by atoms with Crippen molar-refractivity contribution in [1.29, 1.82) is 0 Å². The smallest absolute Gasteiger partial charge is 0.164 e. The number of allylic oxidation sites excluding steroid dienone is 2. The summed E-state index contributed by atoms with van der Waals surface area (Å²) in [5, 5.41) is 0. The van der Waals surface area contributed by atoms with Crippen molar-refractivity contribution in [3.63, 3.8) is 0 Å². The maximum atomic E-state index is 13.2. The Morgan fingerprint density at radius 2 is 1.54 bits per heavy atom. The zero-order valence-corrected chi connectivity index (χ0v) is 16.2. The summed E-state index contributed by atoms with van der Waals surface area (Å²) < 4.78 is 0. The van der Waals surface area contributed by atoms with Gasteiger partial charge in [-0.2, -0.15) is 0 Å². The molecule has 0 aliphatic heterocycles. The van der Waals surface area contributed by atoms with Crippen LogP contribution in [0.5, 0.6) is 0 Å². The number of carbonyl (C=O) groups is 2. The fourth-order valence-electron chi connectivity index (χ4n) is 4.90. The predicted octanol–water partition coefficient (Wildman–Crippen LogP) is 4.96. The first kappa shape index (κ1) is 18.6. The van der Waals surface area contributed by atoms with Crippen LogP contribution < -0.4 is 0 Å². The molecular formula is C23H27NO2. The normalized spacial score (nSPS) is 24.7. The largest absolute Gasteiger partial charge is 0.298 e. The summed E-state index contributed by atoms with van der Waals surface area (Å²) in [7, 11) is 0. The number of nitrogens with zero attached hydrogens (tertiary/aromatic N) is 1. The minimum Gasteiger partial charge on any atom is -0.298 e. The molecule has 0 saturated heterocycles. The van der Waals surface area contributed by atoms with Crippen LogP contribution in [0.4, 0.5) is 0 Å². The summed E-state index contributed by atoms with van der Waals surface area (Å²) in [5.41, 5.74) is 6.23. The lowest BCUT2D eigenvalue weighted by Crippen LogP contribution is -2.20. The fourth-order valence-corrected chi connectivity index (χ4v) is 4.90. The van der Waals surface area contributed by atoms with Gasteiger partial charge in [-0.3, -0.25) is 9.59 Å². The Morgan fingerprint density at radius 1 is 1.04 bits per heavy atom. The predicted molar refractivity (Wildman–Crippen MR) is 103 cm³/mol. The topological polar surface area (TPSA) is 38.5 Å². The van der Waals surface area contributed by atoms with E-state index in [0.717, 1.165) is 40.8 Å². The second-order valence-corrected chi connectivity index (χ2v) is 7.58. The molecule has 0 bridgehead atoms. The molecule has 0 spiro atoms. The minimum atomic E-state index is -0.588. The molecule has 2 fully saturated rings. The van der Waals surface area contributed by atoms with Gasteiger partial charge in [-0.05, 0) is 55.7 Å². The van der Waals surface area contributed by atoms with Crippen molar-refractivity contribution in [2.75, 3.05) is 0 Å². The molecule has 2 unspecified atom stereocenters. The van der Waals surface area contributed by atoms with E-state index < -0.39 is 5.92 Å². The molecule has 136 valence electrons. The Morgan fingerprint density at radius 3 is 1.92 bits per heavy atom. The highest BCUT2D eigenvalue weighted by Gasteiger charge is 2.53. The van der Waals surface area contributed by atoms with Crippen LogP contribution in [-0.4, -0.2) is 11.6 Å². The van der Waals surface area contributed by atoms with E-state index in [1.165, 1.54) is 5.56 Å². The molecule has 0 aromatic heterocycles. The molecule has 1 aromatic carbocycles. The van der Waals surface area contributed by atoms with Gasteiger partial charge in [0.1, 0.15) is 5.92 Å². The zero-order chi connectivity index (χ0) is 19.0. The zero-order valence-electron chi connectivity index (χ0n) is 16.2. The maximum absolute atomic E-state index is 13.2. The molecule has 2 atom stereocenters. The number of hydrogen-bond acceptors (Lipinski definition) is 2. The van der Waals surface area contributed by atoms with Crippen LogP contribution in [0, 0.1) is 25.3 Å². The number of aryl methyl sites for hydroxylation is 3. The molecule has 0 N–H and O–H groups in total. The van der Waals surface area contributed by atoms with Crippen molar-refractivity contribution < 1.29 is 9.59 Å². The number of Topliss-reactive ketones (excluding diaryl/α,β-unsaturated/α-hetero) is 2. The van der Waals surface area contributed by atoms with Gasteiger partial charge in [0.15, 0.2) is 17.3 Å². The van der Waals surface area contributed by atoms with E-state index in [9.17, 15) is 9.59 Å². The third kappa shape index (κ3) is 2.82. The molecule has 1 aromatic rings. The van der Waals surface area contributed by atoms with Gasteiger partial charge in [0.05, 0.1) is 6.57 Å². The lowest BCUT2D eigenvalue weighted by atomic mass is 9.83. The van der Waals surface area contributed by atoms with E-state index >= 15 is 0 Å². The first-order valence-corrected chi connectivity index (χ1v) is 9.74. The van der Waals surface area contributed by atoms with Crippen LogP contribution in [0.15, 0.2) is 23.4 Å². The Labute approximate surface area is 156 Å². The molecule has 0 heterocycles. The quantitative estimate of drug-likeness (QED) is 0.569. The first-order valence-electron chi connectivity index (χ1n) is 9.74.